The van der Waals surface area contributed by atoms with Crippen LogP contribution < -0.4 is 10.6 Å². The number of nitrogens with one attached hydrogen (secondary N) is 2. The third-order valence-electron chi connectivity index (χ3n) is 3.58. The van der Waals surface area contributed by atoms with Gasteiger partial charge in [0.15, 0.2) is 6.10 Å². The molecule has 0 radical (unpaired) electrons. The van der Waals surface area contributed by atoms with Gasteiger partial charge in [0.05, 0.1) is 5.56 Å². The number of para-hydroxylation sites is 1. The number of esters is 1. The van der Waals surface area contributed by atoms with Crippen LogP contribution in [0.25, 0.3) is 6.08 Å². The van der Waals surface area contributed by atoms with Crippen LogP contribution in [-0.4, -0.2) is 24.0 Å². The second kappa shape index (κ2) is 9.54. The molecule has 6 nitrogen and oxygen atoms in total. The number of hydrogen-bond acceptors (Lipinski definition) is 4. The van der Waals surface area contributed by atoms with Crippen molar-refractivity contribution in [2.45, 2.75) is 19.2 Å². The van der Waals surface area contributed by atoms with Crippen molar-refractivity contribution in [3.63, 3.8) is 0 Å². The maximum Gasteiger partial charge on any atom is 0.416 e. The van der Waals surface area contributed by atoms with E-state index in [1.165, 1.54) is 25.1 Å². The average Bonchev–Trinajstić information content (AvgIpc) is 2.66. The summed E-state index contributed by atoms with van der Waals surface area (Å²) in [6.07, 6.45) is -3.50. The first-order valence-corrected chi connectivity index (χ1v) is 8.38. The zero-order valence-electron chi connectivity index (χ0n) is 15.2. The Morgan fingerprint density at radius 2 is 1.62 bits per heavy atom. The van der Waals surface area contributed by atoms with Gasteiger partial charge in [0.2, 0.25) is 0 Å². The number of ether oxygens (including phenoxy) is 1. The Bertz CT molecular complexity index is 894. The Hall–Kier alpha value is -3.62. The van der Waals surface area contributed by atoms with Gasteiger partial charge in [0.25, 0.3) is 5.91 Å². The monoisotopic (exact) mass is 406 g/mol. The molecule has 29 heavy (non-hydrogen) atoms. The second-order valence-corrected chi connectivity index (χ2v) is 5.84. The van der Waals surface area contributed by atoms with Crippen molar-refractivity contribution in [1.29, 1.82) is 0 Å². The molecular weight excluding hydrogens is 389 g/mol. The predicted molar refractivity (Wildman–Crippen MR) is 99.6 cm³/mol. The first-order chi connectivity index (χ1) is 13.6. The number of carbonyl (C=O) groups excluding carboxylic acids is 3. The molecule has 3 amide bonds. The van der Waals surface area contributed by atoms with E-state index in [1.807, 2.05) is 5.32 Å². The minimum absolute atomic E-state index is 0.342. The van der Waals surface area contributed by atoms with Crippen LogP contribution in [0.2, 0.25) is 0 Å². The zero-order chi connectivity index (χ0) is 21.4. The summed E-state index contributed by atoms with van der Waals surface area (Å²) >= 11 is 0. The van der Waals surface area contributed by atoms with Crippen molar-refractivity contribution in [2.75, 3.05) is 5.32 Å². The summed E-state index contributed by atoms with van der Waals surface area (Å²) in [6.45, 7) is 1.27. The summed E-state index contributed by atoms with van der Waals surface area (Å²) in [5, 5.41) is 4.47. The maximum absolute atomic E-state index is 12.5. The average molecular weight is 406 g/mol. The van der Waals surface area contributed by atoms with E-state index < -0.39 is 35.8 Å². The fourth-order valence-corrected chi connectivity index (χ4v) is 2.11. The lowest BCUT2D eigenvalue weighted by Crippen LogP contribution is -2.41. The third kappa shape index (κ3) is 7.13. The number of rotatable bonds is 5. The lowest BCUT2D eigenvalue weighted by atomic mass is 10.1. The SMILES string of the molecule is CC(OC(=O)/C=C/c1ccc(C(F)(F)F)cc1)C(=O)NC(=O)Nc1ccccc1. The Morgan fingerprint density at radius 3 is 2.21 bits per heavy atom. The standard InChI is InChI=1S/C20H17F3N2O4/c1-13(18(27)25-19(28)24-16-5-3-2-4-6-16)29-17(26)12-9-14-7-10-15(11-8-14)20(21,22)23/h2-13H,1H3,(H2,24,25,27,28)/b12-9+. The van der Waals surface area contributed by atoms with Crippen molar-refractivity contribution >= 4 is 29.7 Å². The summed E-state index contributed by atoms with van der Waals surface area (Å²) < 4.78 is 42.4. The molecule has 2 rings (SSSR count). The van der Waals surface area contributed by atoms with Crippen molar-refractivity contribution < 1.29 is 32.3 Å². The Labute approximate surface area is 164 Å². The molecule has 0 saturated heterocycles. The highest BCUT2D eigenvalue weighted by molar-refractivity contribution is 6.03. The number of alkyl halides is 3. The highest BCUT2D eigenvalue weighted by atomic mass is 19.4. The zero-order valence-corrected chi connectivity index (χ0v) is 15.2. The van der Waals surface area contributed by atoms with Gasteiger partial charge >= 0.3 is 18.2 Å². The molecule has 0 fully saturated rings. The number of carbonyl (C=O) groups is 3. The molecule has 0 spiro atoms. The molecule has 0 aliphatic carbocycles. The van der Waals surface area contributed by atoms with Gasteiger partial charge in [-0.1, -0.05) is 30.3 Å². The molecule has 2 aromatic carbocycles. The Kier molecular flexibility index (Phi) is 7.13. The number of imide groups is 1. The van der Waals surface area contributed by atoms with E-state index in [0.29, 0.717) is 11.3 Å². The van der Waals surface area contributed by atoms with E-state index in [4.69, 9.17) is 4.74 Å². The summed E-state index contributed by atoms with van der Waals surface area (Å²) in [7, 11) is 0. The Balaban J connectivity index is 1.83. The van der Waals surface area contributed by atoms with Gasteiger partial charge < -0.3 is 10.1 Å². The summed E-state index contributed by atoms with van der Waals surface area (Å²) in [4.78, 5) is 35.4. The fourth-order valence-electron chi connectivity index (χ4n) is 2.11. The van der Waals surface area contributed by atoms with Gasteiger partial charge in [-0.25, -0.2) is 9.59 Å². The number of halogens is 3. The molecule has 152 valence electrons. The van der Waals surface area contributed by atoms with Crippen LogP contribution in [0.15, 0.2) is 60.7 Å². The van der Waals surface area contributed by atoms with Crippen LogP contribution in [0, 0.1) is 0 Å². The van der Waals surface area contributed by atoms with Gasteiger partial charge in [-0.15, -0.1) is 0 Å². The fraction of sp³-hybridized carbons (Fsp3) is 0.150. The van der Waals surface area contributed by atoms with Gasteiger partial charge in [-0.2, -0.15) is 13.2 Å². The lowest BCUT2D eigenvalue weighted by molar-refractivity contribution is -0.149. The van der Waals surface area contributed by atoms with Crippen LogP contribution in [0.3, 0.4) is 0 Å². The van der Waals surface area contributed by atoms with Crippen LogP contribution >= 0.6 is 0 Å². The van der Waals surface area contributed by atoms with Crippen LogP contribution in [-0.2, 0) is 20.5 Å². The van der Waals surface area contributed by atoms with Gasteiger partial charge in [-0.05, 0) is 42.8 Å². The highest BCUT2D eigenvalue weighted by Gasteiger charge is 2.29. The summed E-state index contributed by atoms with van der Waals surface area (Å²) in [5.74, 6) is -1.73. The smallest absolute Gasteiger partial charge is 0.416 e. The molecule has 2 aromatic rings. The van der Waals surface area contributed by atoms with E-state index in [0.717, 1.165) is 18.2 Å². The molecule has 1 atom stereocenters. The largest absolute Gasteiger partial charge is 0.449 e. The van der Waals surface area contributed by atoms with Crippen LogP contribution in [0.4, 0.5) is 23.7 Å². The van der Waals surface area contributed by atoms with Gasteiger partial charge in [0.1, 0.15) is 0 Å². The van der Waals surface area contributed by atoms with E-state index in [1.54, 1.807) is 30.3 Å². The van der Waals surface area contributed by atoms with Crippen molar-refractivity contribution in [3.8, 4) is 0 Å². The molecule has 0 saturated carbocycles. The molecule has 0 aliphatic heterocycles. The van der Waals surface area contributed by atoms with Gasteiger partial charge in [-0.3, -0.25) is 10.1 Å². The number of benzene rings is 2. The van der Waals surface area contributed by atoms with Crippen molar-refractivity contribution in [1.82, 2.24) is 5.32 Å². The minimum Gasteiger partial charge on any atom is -0.449 e. The number of amides is 3. The van der Waals surface area contributed by atoms with E-state index >= 15 is 0 Å². The molecule has 0 bridgehead atoms. The first-order valence-electron chi connectivity index (χ1n) is 8.38. The number of urea groups is 1. The second-order valence-electron chi connectivity index (χ2n) is 5.84. The predicted octanol–water partition coefficient (Wildman–Crippen LogP) is 4.00. The van der Waals surface area contributed by atoms with Gasteiger partial charge in [0, 0.05) is 11.8 Å². The third-order valence-corrected chi connectivity index (χ3v) is 3.58. The van der Waals surface area contributed by atoms with E-state index in [9.17, 15) is 27.6 Å². The molecule has 1 unspecified atom stereocenters. The Morgan fingerprint density at radius 1 is 1.00 bits per heavy atom. The van der Waals surface area contributed by atoms with Crippen molar-refractivity contribution in [2.24, 2.45) is 0 Å². The normalized spacial score (nSPS) is 12.3. The van der Waals surface area contributed by atoms with Crippen LogP contribution in [0.5, 0.6) is 0 Å². The molecule has 0 heterocycles. The quantitative estimate of drug-likeness (QED) is 0.581. The maximum atomic E-state index is 12.5. The topological polar surface area (TPSA) is 84.5 Å². The number of hydrogen-bond donors (Lipinski definition) is 2. The van der Waals surface area contributed by atoms with E-state index in [-0.39, 0.29) is 0 Å². The van der Waals surface area contributed by atoms with Crippen molar-refractivity contribution in [3.05, 3.63) is 71.8 Å². The molecular formula is C20H17F3N2O4. The van der Waals surface area contributed by atoms with E-state index in [2.05, 4.69) is 5.32 Å². The minimum atomic E-state index is -4.45. The first kappa shape index (κ1) is 21.7. The van der Waals surface area contributed by atoms with Crippen LogP contribution in [0.1, 0.15) is 18.1 Å². The molecule has 0 aliphatic rings. The molecule has 2 N–H and O–H groups in total. The lowest BCUT2D eigenvalue weighted by Gasteiger charge is -2.12. The molecule has 9 heteroatoms. The summed E-state index contributed by atoms with van der Waals surface area (Å²) in [5.41, 5.74) is 0.00696. The summed E-state index contributed by atoms with van der Waals surface area (Å²) in [6, 6.07) is 11.8. The molecule has 0 aromatic heterocycles. The number of anilines is 1. The highest BCUT2D eigenvalue weighted by Crippen LogP contribution is 2.29.